The first-order valence-corrected chi connectivity index (χ1v) is 4.98. The molecule has 0 aliphatic carbocycles. The molecule has 0 unspecified atom stereocenters. The first kappa shape index (κ1) is 8.74. The second-order valence-corrected chi connectivity index (χ2v) is 3.94. The van der Waals surface area contributed by atoms with Crippen LogP contribution in [0.4, 0.5) is 0 Å². The predicted molar refractivity (Wildman–Crippen MR) is 61.0 cm³/mol. The van der Waals surface area contributed by atoms with Crippen molar-refractivity contribution in [2.45, 2.75) is 0 Å². The number of halogens is 1. The van der Waals surface area contributed by atoms with E-state index in [0.717, 1.165) is 10.9 Å². The normalized spacial score (nSPS) is 10.3. The summed E-state index contributed by atoms with van der Waals surface area (Å²) >= 11 is 2.27. The number of hydrogen-bond donors (Lipinski definition) is 0. The number of pyridine rings is 1. The summed E-state index contributed by atoms with van der Waals surface area (Å²) in [5, 5.41) is 1.14. The zero-order valence-electron chi connectivity index (χ0n) is 7.12. The smallest absolute Gasteiger partial charge is 0.213 e. The van der Waals surface area contributed by atoms with Crippen molar-refractivity contribution in [3.63, 3.8) is 0 Å². The molecule has 1 heterocycles. The Kier molecular flexibility index (Phi) is 2.35. The fourth-order valence-electron chi connectivity index (χ4n) is 1.19. The summed E-state index contributed by atoms with van der Waals surface area (Å²) in [6.07, 6.45) is 0. The molecule has 1 aromatic heterocycles. The maximum absolute atomic E-state index is 5.05. The molecule has 0 fully saturated rings. The van der Waals surface area contributed by atoms with Crippen molar-refractivity contribution >= 4 is 33.5 Å². The van der Waals surface area contributed by atoms with Gasteiger partial charge in [-0.3, -0.25) is 0 Å². The van der Waals surface area contributed by atoms with Crippen LogP contribution in [0.15, 0.2) is 30.3 Å². The molecule has 0 radical (unpaired) electrons. The zero-order chi connectivity index (χ0) is 9.26. The number of benzene rings is 1. The van der Waals surface area contributed by atoms with E-state index in [4.69, 9.17) is 4.74 Å². The lowest BCUT2D eigenvalue weighted by Crippen LogP contribution is -1.87. The van der Waals surface area contributed by atoms with Crippen molar-refractivity contribution in [3.05, 3.63) is 33.9 Å². The van der Waals surface area contributed by atoms with E-state index in [1.165, 1.54) is 3.57 Å². The number of nitrogens with zero attached hydrogens (tertiary/aromatic N) is 1. The highest BCUT2D eigenvalue weighted by molar-refractivity contribution is 14.1. The zero-order valence-corrected chi connectivity index (χ0v) is 9.28. The quantitative estimate of drug-likeness (QED) is 0.752. The Morgan fingerprint density at radius 1 is 1.23 bits per heavy atom. The molecule has 0 amide bonds. The first-order chi connectivity index (χ1) is 6.29. The molecule has 3 heteroatoms. The van der Waals surface area contributed by atoms with E-state index in [1.807, 2.05) is 18.2 Å². The van der Waals surface area contributed by atoms with Gasteiger partial charge in [0.05, 0.1) is 12.6 Å². The highest BCUT2D eigenvalue weighted by atomic mass is 127. The van der Waals surface area contributed by atoms with Crippen LogP contribution in [0.2, 0.25) is 0 Å². The Labute approximate surface area is 90.1 Å². The predicted octanol–water partition coefficient (Wildman–Crippen LogP) is 2.85. The van der Waals surface area contributed by atoms with Crippen LogP contribution in [0.5, 0.6) is 5.88 Å². The van der Waals surface area contributed by atoms with E-state index >= 15 is 0 Å². The Bertz CT molecular complexity index is 442. The van der Waals surface area contributed by atoms with E-state index < -0.39 is 0 Å². The van der Waals surface area contributed by atoms with Crippen LogP contribution < -0.4 is 4.74 Å². The average Bonchev–Trinajstić information content (AvgIpc) is 2.16. The van der Waals surface area contributed by atoms with Crippen molar-refractivity contribution in [1.82, 2.24) is 4.98 Å². The van der Waals surface area contributed by atoms with E-state index in [0.29, 0.717) is 5.88 Å². The number of hydrogen-bond acceptors (Lipinski definition) is 2. The summed E-state index contributed by atoms with van der Waals surface area (Å²) in [6, 6.07) is 10.0. The van der Waals surface area contributed by atoms with Crippen molar-refractivity contribution < 1.29 is 4.74 Å². The third-order valence-corrected chi connectivity index (χ3v) is 2.51. The maximum atomic E-state index is 5.05. The number of methoxy groups -OCH3 is 1. The Hall–Kier alpha value is -0.840. The molecule has 2 aromatic rings. The van der Waals surface area contributed by atoms with E-state index in [-0.39, 0.29) is 0 Å². The van der Waals surface area contributed by atoms with Crippen LogP contribution in [0, 0.1) is 3.57 Å². The first-order valence-electron chi connectivity index (χ1n) is 3.90. The minimum absolute atomic E-state index is 0.662. The fourth-order valence-corrected chi connectivity index (χ4v) is 1.66. The SMILES string of the molecule is COc1ccc2ccc(I)cc2n1. The van der Waals surface area contributed by atoms with E-state index in [9.17, 15) is 0 Å². The minimum Gasteiger partial charge on any atom is -0.481 e. The molecule has 0 bridgehead atoms. The fraction of sp³-hybridized carbons (Fsp3) is 0.100. The van der Waals surface area contributed by atoms with Crippen LogP contribution in [-0.4, -0.2) is 12.1 Å². The third-order valence-electron chi connectivity index (χ3n) is 1.84. The summed E-state index contributed by atoms with van der Waals surface area (Å²) in [5.41, 5.74) is 0.978. The van der Waals surface area contributed by atoms with Gasteiger partial charge in [-0.2, -0.15) is 0 Å². The largest absolute Gasteiger partial charge is 0.481 e. The molecular weight excluding hydrogens is 277 g/mol. The standard InChI is InChI=1S/C10H8INO/c1-13-10-5-3-7-2-4-8(11)6-9(7)12-10/h2-6H,1H3. The van der Waals surface area contributed by atoms with Crippen LogP contribution in [-0.2, 0) is 0 Å². The van der Waals surface area contributed by atoms with Gasteiger partial charge < -0.3 is 4.74 Å². The van der Waals surface area contributed by atoms with Gasteiger partial charge in [0.25, 0.3) is 0 Å². The molecule has 0 aliphatic heterocycles. The molecule has 0 N–H and O–H groups in total. The summed E-state index contributed by atoms with van der Waals surface area (Å²) in [7, 11) is 1.63. The van der Waals surface area contributed by atoms with Gasteiger partial charge >= 0.3 is 0 Å². The highest BCUT2D eigenvalue weighted by Crippen LogP contribution is 2.18. The minimum atomic E-state index is 0.662. The highest BCUT2D eigenvalue weighted by Gasteiger charge is 1.97. The van der Waals surface area contributed by atoms with Crippen molar-refractivity contribution in [2.75, 3.05) is 7.11 Å². The van der Waals surface area contributed by atoms with Gasteiger partial charge in [-0.25, -0.2) is 4.98 Å². The molecule has 0 atom stereocenters. The second kappa shape index (κ2) is 3.49. The van der Waals surface area contributed by atoms with Crippen LogP contribution >= 0.6 is 22.6 Å². The molecule has 13 heavy (non-hydrogen) atoms. The molecular formula is C10H8INO. The van der Waals surface area contributed by atoms with Crippen LogP contribution in [0.1, 0.15) is 0 Å². The molecule has 0 aliphatic rings. The van der Waals surface area contributed by atoms with Crippen LogP contribution in [0.25, 0.3) is 10.9 Å². The van der Waals surface area contributed by atoms with Crippen LogP contribution in [0.3, 0.4) is 0 Å². The Morgan fingerprint density at radius 2 is 2.00 bits per heavy atom. The monoisotopic (exact) mass is 285 g/mol. The second-order valence-electron chi connectivity index (χ2n) is 2.69. The van der Waals surface area contributed by atoms with Gasteiger partial charge in [-0.15, -0.1) is 0 Å². The lowest BCUT2D eigenvalue weighted by molar-refractivity contribution is 0.399. The lowest BCUT2D eigenvalue weighted by atomic mass is 10.2. The number of ether oxygens (including phenoxy) is 1. The van der Waals surface area contributed by atoms with Crippen molar-refractivity contribution in [3.8, 4) is 5.88 Å². The summed E-state index contributed by atoms with van der Waals surface area (Å²) in [5.74, 6) is 0.662. The number of aromatic nitrogens is 1. The van der Waals surface area contributed by atoms with Gasteiger partial charge in [0.2, 0.25) is 5.88 Å². The molecule has 0 spiro atoms. The summed E-state index contributed by atoms with van der Waals surface area (Å²) < 4.78 is 6.23. The van der Waals surface area contributed by atoms with Gasteiger partial charge in [-0.1, -0.05) is 6.07 Å². The molecule has 0 saturated carbocycles. The summed E-state index contributed by atoms with van der Waals surface area (Å²) in [4.78, 5) is 4.33. The number of fused-ring (bicyclic) bond motifs is 1. The van der Waals surface area contributed by atoms with Gasteiger partial charge in [-0.05, 0) is 40.8 Å². The average molecular weight is 285 g/mol. The van der Waals surface area contributed by atoms with Crippen molar-refractivity contribution in [1.29, 1.82) is 0 Å². The van der Waals surface area contributed by atoms with Gasteiger partial charge in [0, 0.05) is 15.0 Å². The maximum Gasteiger partial charge on any atom is 0.213 e. The summed E-state index contributed by atoms with van der Waals surface area (Å²) in [6.45, 7) is 0. The molecule has 2 nitrogen and oxygen atoms in total. The van der Waals surface area contributed by atoms with E-state index in [2.05, 4.69) is 39.7 Å². The Morgan fingerprint density at radius 3 is 2.77 bits per heavy atom. The van der Waals surface area contributed by atoms with E-state index in [1.54, 1.807) is 7.11 Å². The lowest BCUT2D eigenvalue weighted by Gasteiger charge is -2.01. The van der Waals surface area contributed by atoms with Crippen molar-refractivity contribution in [2.24, 2.45) is 0 Å². The molecule has 2 rings (SSSR count). The third kappa shape index (κ3) is 1.75. The Balaban J connectivity index is 2.68. The molecule has 1 aromatic carbocycles. The topological polar surface area (TPSA) is 22.1 Å². The molecule has 0 saturated heterocycles. The van der Waals surface area contributed by atoms with Gasteiger partial charge in [0.1, 0.15) is 0 Å². The van der Waals surface area contributed by atoms with Gasteiger partial charge in [0.15, 0.2) is 0 Å². The number of rotatable bonds is 1. The molecule has 66 valence electrons.